The van der Waals surface area contributed by atoms with E-state index < -0.39 is 0 Å². The lowest BCUT2D eigenvalue weighted by Gasteiger charge is -2.18. The largest absolute Gasteiger partial charge is 0.385 e. The Hall–Kier alpha value is -0.610. The Kier molecular flexibility index (Phi) is 7.51. The fourth-order valence-corrected chi connectivity index (χ4v) is 2.58. The molecular weight excluding hydrogens is 286 g/mol. The molecule has 1 aromatic rings. The molecule has 1 aromatic carbocycles. The van der Waals surface area contributed by atoms with Gasteiger partial charge in [0.1, 0.15) is 0 Å². The van der Waals surface area contributed by atoms with Crippen LogP contribution in [0.2, 0.25) is 5.02 Å². The molecule has 1 N–H and O–H groups in total. The summed E-state index contributed by atoms with van der Waals surface area (Å²) in [5.41, 5.74) is 1.30. The molecule has 0 saturated heterocycles. The SMILES string of the molecule is COCCCOCCC(CNC1CC1)c1cccc(Cl)c1. The van der Waals surface area contributed by atoms with E-state index in [2.05, 4.69) is 17.4 Å². The van der Waals surface area contributed by atoms with Gasteiger partial charge in [-0.15, -0.1) is 0 Å². The third-order valence-corrected chi connectivity index (χ3v) is 4.03. The lowest BCUT2D eigenvalue weighted by atomic mass is 9.96. The van der Waals surface area contributed by atoms with Crippen LogP contribution in [0.5, 0.6) is 0 Å². The van der Waals surface area contributed by atoms with Crippen LogP contribution in [0, 0.1) is 0 Å². The predicted molar refractivity (Wildman–Crippen MR) is 87.1 cm³/mol. The smallest absolute Gasteiger partial charge is 0.0487 e. The molecule has 1 saturated carbocycles. The topological polar surface area (TPSA) is 30.5 Å². The molecule has 0 bridgehead atoms. The molecule has 1 fully saturated rings. The van der Waals surface area contributed by atoms with Crippen molar-refractivity contribution in [3.8, 4) is 0 Å². The van der Waals surface area contributed by atoms with Crippen LogP contribution < -0.4 is 5.32 Å². The van der Waals surface area contributed by atoms with E-state index >= 15 is 0 Å². The monoisotopic (exact) mass is 311 g/mol. The van der Waals surface area contributed by atoms with Crippen LogP contribution in [0.1, 0.15) is 37.2 Å². The quantitative estimate of drug-likeness (QED) is 0.633. The highest BCUT2D eigenvalue weighted by Crippen LogP contribution is 2.25. The van der Waals surface area contributed by atoms with Crippen molar-refractivity contribution in [2.24, 2.45) is 0 Å². The average molecular weight is 312 g/mol. The number of hydrogen-bond acceptors (Lipinski definition) is 3. The van der Waals surface area contributed by atoms with Gasteiger partial charge in [0.05, 0.1) is 0 Å². The van der Waals surface area contributed by atoms with Crippen molar-refractivity contribution in [3.05, 3.63) is 34.9 Å². The van der Waals surface area contributed by atoms with Crippen LogP contribution in [0.4, 0.5) is 0 Å². The second kappa shape index (κ2) is 9.42. The van der Waals surface area contributed by atoms with Crippen LogP contribution in [0.3, 0.4) is 0 Å². The van der Waals surface area contributed by atoms with E-state index in [1.807, 2.05) is 12.1 Å². The van der Waals surface area contributed by atoms with E-state index in [0.717, 1.165) is 50.3 Å². The molecule has 0 spiro atoms. The van der Waals surface area contributed by atoms with Gasteiger partial charge in [-0.2, -0.15) is 0 Å². The molecule has 0 aromatic heterocycles. The van der Waals surface area contributed by atoms with Gasteiger partial charge in [0.15, 0.2) is 0 Å². The third-order valence-electron chi connectivity index (χ3n) is 3.80. The Balaban J connectivity index is 1.77. The summed E-state index contributed by atoms with van der Waals surface area (Å²) in [6.07, 6.45) is 4.61. The Labute approximate surface area is 133 Å². The zero-order valence-corrected chi connectivity index (χ0v) is 13.6. The van der Waals surface area contributed by atoms with E-state index in [1.54, 1.807) is 7.11 Å². The van der Waals surface area contributed by atoms with E-state index in [9.17, 15) is 0 Å². The predicted octanol–water partition coefficient (Wildman–Crippen LogP) is 3.62. The number of methoxy groups -OCH3 is 1. The molecule has 4 heteroatoms. The van der Waals surface area contributed by atoms with Crippen molar-refractivity contribution >= 4 is 11.6 Å². The molecule has 1 atom stereocenters. The van der Waals surface area contributed by atoms with Crippen molar-refractivity contribution in [3.63, 3.8) is 0 Å². The zero-order valence-electron chi connectivity index (χ0n) is 12.8. The molecule has 118 valence electrons. The van der Waals surface area contributed by atoms with Crippen molar-refractivity contribution in [1.82, 2.24) is 5.32 Å². The van der Waals surface area contributed by atoms with Gasteiger partial charge in [-0.3, -0.25) is 0 Å². The molecule has 3 nitrogen and oxygen atoms in total. The summed E-state index contributed by atoms with van der Waals surface area (Å²) in [5, 5.41) is 4.43. The van der Waals surface area contributed by atoms with Gasteiger partial charge in [0.2, 0.25) is 0 Å². The minimum absolute atomic E-state index is 0.465. The van der Waals surface area contributed by atoms with Crippen LogP contribution in [0.15, 0.2) is 24.3 Å². The van der Waals surface area contributed by atoms with E-state index in [0.29, 0.717) is 5.92 Å². The molecule has 1 aliphatic rings. The molecule has 0 aliphatic heterocycles. The third kappa shape index (κ3) is 6.79. The van der Waals surface area contributed by atoms with Crippen molar-refractivity contribution in [2.75, 3.05) is 33.5 Å². The highest BCUT2D eigenvalue weighted by atomic mass is 35.5. The van der Waals surface area contributed by atoms with Crippen LogP contribution in [0.25, 0.3) is 0 Å². The molecule has 1 unspecified atom stereocenters. The fourth-order valence-electron chi connectivity index (χ4n) is 2.38. The van der Waals surface area contributed by atoms with Crippen molar-refractivity contribution in [1.29, 1.82) is 0 Å². The van der Waals surface area contributed by atoms with Crippen LogP contribution >= 0.6 is 11.6 Å². The first-order valence-electron chi connectivity index (χ1n) is 7.85. The summed E-state index contributed by atoms with van der Waals surface area (Å²) >= 11 is 6.12. The van der Waals surface area contributed by atoms with E-state index in [1.165, 1.54) is 18.4 Å². The van der Waals surface area contributed by atoms with Crippen LogP contribution in [-0.4, -0.2) is 39.5 Å². The highest BCUT2D eigenvalue weighted by Gasteiger charge is 2.22. The van der Waals surface area contributed by atoms with Gasteiger partial charge in [-0.05, 0) is 49.3 Å². The summed E-state index contributed by atoms with van der Waals surface area (Å²) in [4.78, 5) is 0. The summed E-state index contributed by atoms with van der Waals surface area (Å²) in [5.74, 6) is 0.465. The second-order valence-electron chi connectivity index (χ2n) is 5.68. The number of benzene rings is 1. The molecule has 21 heavy (non-hydrogen) atoms. The fraction of sp³-hybridized carbons (Fsp3) is 0.647. The minimum Gasteiger partial charge on any atom is -0.385 e. The number of rotatable bonds is 11. The minimum atomic E-state index is 0.465. The first-order valence-corrected chi connectivity index (χ1v) is 8.23. The maximum absolute atomic E-state index is 6.12. The standard InChI is InChI=1S/C17H26ClNO2/c1-20-9-3-10-21-11-8-15(13-19-17-6-7-17)14-4-2-5-16(18)12-14/h2,4-5,12,15,17,19H,3,6-11,13H2,1H3. The van der Waals surface area contributed by atoms with E-state index in [4.69, 9.17) is 21.1 Å². The summed E-state index contributed by atoms with van der Waals surface area (Å²) < 4.78 is 10.7. The number of nitrogens with one attached hydrogen (secondary N) is 1. The van der Waals surface area contributed by atoms with Gasteiger partial charge >= 0.3 is 0 Å². The Morgan fingerprint density at radius 2 is 2.14 bits per heavy atom. The number of ether oxygens (including phenoxy) is 2. The van der Waals surface area contributed by atoms with Gasteiger partial charge in [0.25, 0.3) is 0 Å². The molecule has 0 heterocycles. The van der Waals surface area contributed by atoms with E-state index in [-0.39, 0.29) is 0 Å². The molecule has 1 aliphatic carbocycles. The zero-order chi connectivity index (χ0) is 14.9. The van der Waals surface area contributed by atoms with Gasteiger partial charge in [-0.1, -0.05) is 23.7 Å². The normalized spacial score (nSPS) is 16.1. The van der Waals surface area contributed by atoms with Crippen molar-refractivity contribution < 1.29 is 9.47 Å². The van der Waals surface area contributed by atoms with Crippen molar-refractivity contribution in [2.45, 2.75) is 37.6 Å². The summed E-state index contributed by atoms with van der Waals surface area (Å²) in [6.45, 7) is 3.33. The second-order valence-corrected chi connectivity index (χ2v) is 6.12. The molecule has 0 radical (unpaired) electrons. The average Bonchev–Trinajstić information content (AvgIpc) is 3.30. The summed E-state index contributed by atoms with van der Waals surface area (Å²) in [6, 6.07) is 8.93. The first kappa shape index (κ1) is 16.8. The highest BCUT2D eigenvalue weighted by molar-refractivity contribution is 6.30. The molecular formula is C17H26ClNO2. The lowest BCUT2D eigenvalue weighted by Crippen LogP contribution is -2.24. The van der Waals surface area contributed by atoms with Gasteiger partial charge < -0.3 is 14.8 Å². The van der Waals surface area contributed by atoms with Crippen LogP contribution in [-0.2, 0) is 9.47 Å². The summed E-state index contributed by atoms with van der Waals surface area (Å²) in [7, 11) is 1.72. The number of halogens is 1. The Morgan fingerprint density at radius 1 is 1.29 bits per heavy atom. The maximum atomic E-state index is 6.12. The first-order chi connectivity index (χ1) is 10.3. The van der Waals surface area contributed by atoms with Gasteiger partial charge in [-0.25, -0.2) is 0 Å². The molecule has 2 rings (SSSR count). The Bertz CT molecular complexity index is 410. The maximum Gasteiger partial charge on any atom is 0.0487 e. The van der Waals surface area contributed by atoms with Gasteiger partial charge in [0, 0.05) is 44.5 Å². The number of hydrogen-bond donors (Lipinski definition) is 1. The molecule has 0 amide bonds. The Morgan fingerprint density at radius 3 is 2.86 bits per heavy atom. The lowest BCUT2D eigenvalue weighted by molar-refractivity contribution is 0.0980.